The van der Waals surface area contributed by atoms with E-state index in [-0.39, 0.29) is 0 Å². The molecule has 0 spiro atoms. The first-order valence-corrected chi connectivity index (χ1v) is 6.29. The van der Waals surface area contributed by atoms with Crippen LogP contribution < -0.4 is 5.32 Å². The fourth-order valence-corrected chi connectivity index (χ4v) is 2.12. The van der Waals surface area contributed by atoms with E-state index in [1.165, 1.54) is 9.13 Å². The molecule has 1 rings (SSSR count). The van der Waals surface area contributed by atoms with Crippen molar-refractivity contribution in [2.45, 2.75) is 19.5 Å². The maximum absolute atomic E-state index is 3.52. The lowest BCUT2D eigenvalue weighted by Crippen LogP contribution is -2.35. The second kappa shape index (κ2) is 6.45. The van der Waals surface area contributed by atoms with Gasteiger partial charge in [-0.25, -0.2) is 0 Å². The Hall–Kier alpha value is -0.130. The number of rotatable bonds is 5. The van der Waals surface area contributed by atoms with Crippen molar-refractivity contribution in [3.05, 3.63) is 33.4 Å². The van der Waals surface area contributed by atoms with E-state index in [0.29, 0.717) is 6.04 Å². The van der Waals surface area contributed by atoms with Gasteiger partial charge in [0.25, 0.3) is 0 Å². The standard InChI is InChI=1S/C12H19IN2/c1-10(9-15(2)3)14-8-11-6-4-5-7-12(11)13/h4-7,10,14H,8-9H2,1-3H3. The number of benzene rings is 1. The molecule has 0 fully saturated rings. The van der Waals surface area contributed by atoms with Crippen molar-refractivity contribution in [1.82, 2.24) is 10.2 Å². The molecule has 3 heteroatoms. The van der Waals surface area contributed by atoms with Gasteiger partial charge in [0.2, 0.25) is 0 Å². The summed E-state index contributed by atoms with van der Waals surface area (Å²) in [6.07, 6.45) is 0. The van der Waals surface area contributed by atoms with Crippen LogP contribution in [-0.2, 0) is 6.54 Å². The summed E-state index contributed by atoms with van der Waals surface area (Å²) in [4.78, 5) is 2.20. The Balaban J connectivity index is 2.40. The molecule has 0 saturated carbocycles. The predicted octanol–water partition coefficient (Wildman–Crippen LogP) is 2.33. The number of nitrogens with one attached hydrogen (secondary N) is 1. The van der Waals surface area contributed by atoms with Crippen LogP contribution >= 0.6 is 22.6 Å². The smallest absolute Gasteiger partial charge is 0.0219 e. The highest BCUT2D eigenvalue weighted by Crippen LogP contribution is 2.10. The molecule has 0 aliphatic carbocycles. The minimum absolute atomic E-state index is 0.524. The first kappa shape index (κ1) is 12.9. The van der Waals surface area contributed by atoms with Crippen LogP contribution in [0.2, 0.25) is 0 Å². The molecule has 0 radical (unpaired) electrons. The van der Waals surface area contributed by atoms with Crippen molar-refractivity contribution in [3.8, 4) is 0 Å². The summed E-state index contributed by atoms with van der Waals surface area (Å²) in [5, 5.41) is 3.52. The third kappa shape index (κ3) is 4.95. The van der Waals surface area contributed by atoms with Crippen LogP contribution in [0.5, 0.6) is 0 Å². The number of halogens is 1. The number of hydrogen-bond acceptors (Lipinski definition) is 2. The van der Waals surface area contributed by atoms with Gasteiger partial charge >= 0.3 is 0 Å². The van der Waals surface area contributed by atoms with E-state index < -0.39 is 0 Å². The highest BCUT2D eigenvalue weighted by Gasteiger charge is 2.03. The molecule has 0 aliphatic heterocycles. The largest absolute Gasteiger partial charge is 0.309 e. The van der Waals surface area contributed by atoms with Crippen LogP contribution in [0.3, 0.4) is 0 Å². The Kier molecular flexibility index (Phi) is 5.56. The van der Waals surface area contributed by atoms with E-state index in [1.807, 2.05) is 0 Å². The molecule has 1 unspecified atom stereocenters. The van der Waals surface area contributed by atoms with Gasteiger partial charge in [-0.05, 0) is 55.2 Å². The molecule has 1 N–H and O–H groups in total. The van der Waals surface area contributed by atoms with Crippen molar-refractivity contribution in [2.75, 3.05) is 20.6 Å². The molecule has 0 amide bonds. The summed E-state index contributed by atoms with van der Waals surface area (Å²) < 4.78 is 1.33. The van der Waals surface area contributed by atoms with Gasteiger partial charge in [0.1, 0.15) is 0 Å². The van der Waals surface area contributed by atoms with E-state index in [4.69, 9.17) is 0 Å². The topological polar surface area (TPSA) is 15.3 Å². The van der Waals surface area contributed by atoms with E-state index in [9.17, 15) is 0 Å². The van der Waals surface area contributed by atoms with Crippen molar-refractivity contribution in [1.29, 1.82) is 0 Å². The summed E-state index contributed by atoms with van der Waals surface area (Å²) in [5.74, 6) is 0. The van der Waals surface area contributed by atoms with Gasteiger partial charge in [0.15, 0.2) is 0 Å². The normalized spacial score (nSPS) is 13.1. The summed E-state index contributed by atoms with van der Waals surface area (Å²) in [7, 11) is 4.20. The zero-order chi connectivity index (χ0) is 11.3. The Labute approximate surface area is 106 Å². The third-order valence-corrected chi connectivity index (χ3v) is 3.29. The second-order valence-corrected chi connectivity index (χ2v) is 5.30. The van der Waals surface area contributed by atoms with E-state index >= 15 is 0 Å². The average molecular weight is 318 g/mol. The summed E-state index contributed by atoms with van der Waals surface area (Å²) >= 11 is 2.38. The summed E-state index contributed by atoms with van der Waals surface area (Å²) in [5.41, 5.74) is 1.38. The number of likely N-dealkylation sites (N-methyl/N-ethyl adjacent to an activating group) is 1. The fraction of sp³-hybridized carbons (Fsp3) is 0.500. The zero-order valence-corrected chi connectivity index (χ0v) is 11.8. The molecule has 0 aromatic heterocycles. The molecule has 15 heavy (non-hydrogen) atoms. The molecule has 84 valence electrons. The monoisotopic (exact) mass is 318 g/mol. The minimum Gasteiger partial charge on any atom is -0.309 e. The number of nitrogens with zero attached hydrogens (tertiary/aromatic N) is 1. The van der Waals surface area contributed by atoms with Crippen LogP contribution in [0.1, 0.15) is 12.5 Å². The highest BCUT2D eigenvalue weighted by atomic mass is 127. The van der Waals surface area contributed by atoms with Crippen LogP contribution in [0.4, 0.5) is 0 Å². The molecular weight excluding hydrogens is 299 g/mol. The highest BCUT2D eigenvalue weighted by molar-refractivity contribution is 14.1. The van der Waals surface area contributed by atoms with Gasteiger partial charge in [-0.3, -0.25) is 0 Å². The van der Waals surface area contributed by atoms with E-state index in [1.54, 1.807) is 0 Å². The minimum atomic E-state index is 0.524. The SMILES string of the molecule is CC(CN(C)C)NCc1ccccc1I. The van der Waals surface area contributed by atoms with Crippen molar-refractivity contribution in [2.24, 2.45) is 0 Å². The molecule has 0 heterocycles. The van der Waals surface area contributed by atoms with Crippen molar-refractivity contribution >= 4 is 22.6 Å². The van der Waals surface area contributed by atoms with Crippen LogP contribution in [0, 0.1) is 3.57 Å². The van der Waals surface area contributed by atoms with Gasteiger partial charge in [-0.15, -0.1) is 0 Å². The molecule has 1 aromatic rings. The average Bonchev–Trinajstić information content (AvgIpc) is 2.15. The van der Waals surface area contributed by atoms with Gasteiger partial charge in [0.05, 0.1) is 0 Å². The quantitative estimate of drug-likeness (QED) is 0.839. The van der Waals surface area contributed by atoms with Crippen LogP contribution in [0.15, 0.2) is 24.3 Å². The molecule has 0 saturated heterocycles. The Morgan fingerprint density at radius 2 is 2.00 bits per heavy atom. The van der Waals surface area contributed by atoms with E-state index in [2.05, 4.69) is 78.1 Å². The predicted molar refractivity (Wildman–Crippen MR) is 74.0 cm³/mol. The Bertz CT molecular complexity index is 299. The van der Waals surface area contributed by atoms with Gasteiger partial charge < -0.3 is 10.2 Å². The van der Waals surface area contributed by atoms with Crippen LogP contribution in [-0.4, -0.2) is 31.6 Å². The molecule has 1 aromatic carbocycles. The van der Waals surface area contributed by atoms with Gasteiger partial charge in [0, 0.05) is 22.7 Å². The zero-order valence-electron chi connectivity index (χ0n) is 9.63. The maximum atomic E-state index is 3.52. The van der Waals surface area contributed by atoms with Gasteiger partial charge in [-0.2, -0.15) is 0 Å². The molecular formula is C12H19IN2. The van der Waals surface area contributed by atoms with E-state index in [0.717, 1.165) is 13.1 Å². The fourth-order valence-electron chi connectivity index (χ4n) is 1.54. The Morgan fingerprint density at radius 3 is 2.60 bits per heavy atom. The summed E-state index contributed by atoms with van der Waals surface area (Å²) in [6.45, 7) is 4.24. The third-order valence-electron chi connectivity index (χ3n) is 2.24. The maximum Gasteiger partial charge on any atom is 0.0219 e. The first-order chi connectivity index (χ1) is 7.09. The Morgan fingerprint density at radius 1 is 1.33 bits per heavy atom. The molecule has 2 nitrogen and oxygen atoms in total. The second-order valence-electron chi connectivity index (χ2n) is 4.14. The van der Waals surface area contributed by atoms with Crippen molar-refractivity contribution < 1.29 is 0 Å². The lowest BCUT2D eigenvalue weighted by molar-refractivity contribution is 0.349. The number of hydrogen-bond donors (Lipinski definition) is 1. The molecule has 0 bridgehead atoms. The molecule has 1 atom stereocenters. The first-order valence-electron chi connectivity index (χ1n) is 5.21. The molecule has 0 aliphatic rings. The van der Waals surface area contributed by atoms with Crippen LogP contribution in [0.25, 0.3) is 0 Å². The van der Waals surface area contributed by atoms with Gasteiger partial charge in [-0.1, -0.05) is 18.2 Å². The lowest BCUT2D eigenvalue weighted by Gasteiger charge is -2.18. The summed E-state index contributed by atoms with van der Waals surface area (Å²) in [6, 6.07) is 9.02. The van der Waals surface area contributed by atoms with Crippen molar-refractivity contribution in [3.63, 3.8) is 0 Å². The lowest BCUT2D eigenvalue weighted by atomic mass is 10.2.